The molecule has 5 heterocycles. The molecule has 0 fully saturated rings. The van der Waals surface area contributed by atoms with Crippen molar-refractivity contribution in [3.63, 3.8) is 0 Å². The van der Waals surface area contributed by atoms with Crippen molar-refractivity contribution in [2.45, 2.75) is 45.4 Å². The molecule has 1 aliphatic rings. The quantitative estimate of drug-likeness (QED) is 0.408. The third-order valence-electron chi connectivity index (χ3n) is 6.47. The van der Waals surface area contributed by atoms with Gasteiger partial charge in [-0.15, -0.1) is 5.10 Å². The van der Waals surface area contributed by atoms with Crippen LogP contribution in [0.1, 0.15) is 43.5 Å². The van der Waals surface area contributed by atoms with Gasteiger partial charge in [-0.2, -0.15) is 0 Å². The molecule has 5 rings (SSSR count). The third kappa shape index (κ3) is 3.66. The summed E-state index contributed by atoms with van der Waals surface area (Å²) < 4.78 is 7.34. The maximum Gasteiger partial charge on any atom is 0.133 e. The van der Waals surface area contributed by atoms with Crippen molar-refractivity contribution >= 4 is 28.2 Å². The molecule has 10 nitrogen and oxygen atoms in total. The standard InChI is InChI=1S/C23H27N9O/c1-4-23(25,5-2)16-8-21(28-18-12-33-11-15(16)18)30-20-7-13-6-17(19-10-27-31-32(19)3)29-22(24)14(13)9-26-20/h6-10H,4-5,11-12,25H2,1-3H3,(H2,24,29)(H,26,28,30). The molecule has 4 aromatic heterocycles. The van der Waals surface area contributed by atoms with Gasteiger partial charge in [-0.25, -0.2) is 19.6 Å². The third-order valence-corrected chi connectivity index (χ3v) is 6.47. The summed E-state index contributed by atoms with van der Waals surface area (Å²) in [7, 11) is 1.81. The highest BCUT2D eigenvalue weighted by atomic mass is 16.5. The number of aryl methyl sites for hydroxylation is 1. The van der Waals surface area contributed by atoms with Crippen LogP contribution in [0.5, 0.6) is 0 Å². The molecule has 170 valence electrons. The Morgan fingerprint density at radius 2 is 1.91 bits per heavy atom. The predicted molar refractivity (Wildman–Crippen MR) is 126 cm³/mol. The van der Waals surface area contributed by atoms with E-state index in [1.807, 2.05) is 25.2 Å². The van der Waals surface area contributed by atoms with Crippen molar-refractivity contribution in [3.05, 3.63) is 47.4 Å². The first-order valence-corrected chi connectivity index (χ1v) is 11.0. The normalized spacial score (nSPS) is 13.5. The predicted octanol–water partition coefficient (Wildman–Crippen LogP) is 3.15. The van der Waals surface area contributed by atoms with Gasteiger partial charge in [0, 0.05) is 29.7 Å². The number of hydrogen-bond donors (Lipinski definition) is 3. The van der Waals surface area contributed by atoms with E-state index in [0.717, 1.165) is 46.1 Å². The Hall–Kier alpha value is -3.63. The van der Waals surface area contributed by atoms with Crippen LogP contribution in [0, 0.1) is 0 Å². The van der Waals surface area contributed by atoms with Crippen LogP contribution < -0.4 is 16.8 Å². The molecule has 33 heavy (non-hydrogen) atoms. The van der Waals surface area contributed by atoms with Gasteiger partial charge in [-0.05, 0) is 42.0 Å². The number of fused-ring (bicyclic) bond motifs is 2. The van der Waals surface area contributed by atoms with Crippen LogP contribution in [0.15, 0.2) is 30.6 Å². The number of rotatable bonds is 6. The van der Waals surface area contributed by atoms with Crippen molar-refractivity contribution in [3.8, 4) is 11.4 Å². The van der Waals surface area contributed by atoms with Gasteiger partial charge in [-0.3, -0.25) is 0 Å². The Bertz CT molecular complexity index is 1340. The number of nitrogens with one attached hydrogen (secondary N) is 1. The zero-order chi connectivity index (χ0) is 23.2. The second-order valence-electron chi connectivity index (χ2n) is 8.39. The van der Waals surface area contributed by atoms with Crippen LogP contribution in [0.4, 0.5) is 17.5 Å². The van der Waals surface area contributed by atoms with E-state index in [0.29, 0.717) is 36.4 Å². The lowest BCUT2D eigenvalue weighted by Gasteiger charge is -2.29. The van der Waals surface area contributed by atoms with Gasteiger partial charge in [0.15, 0.2) is 0 Å². The van der Waals surface area contributed by atoms with E-state index in [1.165, 1.54) is 0 Å². The minimum atomic E-state index is -0.430. The van der Waals surface area contributed by atoms with Crippen LogP contribution in [-0.4, -0.2) is 29.9 Å². The zero-order valence-electron chi connectivity index (χ0n) is 19.0. The van der Waals surface area contributed by atoms with Gasteiger partial charge < -0.3 is 21.5 Å². The van der Waals surface area contributed by atoms with Crippen LogP contribution >= 0.6 is 0 Å². The number of nitrogens with zero attached hydrogens (tertiary/aromatic N) is 6. The highest BCUT2D eigenvalue weighted by Gasteiger charge is 2.30. The lowest BCUT2D eigenvalue weighted by atomic mass is 9.83. The monoisotopic (exact) mass is 445 g/mol. The topological polar surface area (TPSA) is 143 Å². The largest absolute Gasteiger partial charge is 0.383 e. The van der Waals surface area contributed by atoms with Crippen molar-refractivity contribution in [1.82, 2.24) is 29.9 Å². The van der Waals surface area contributed by atoms with E-state index >= 15 is 0 Å². The number of nitrogens with two attached hydrogens (primary N) is 2. The second kappa shape index (κ2) is 8.05. The Kier molecular flexibility index (Phi) is 5.18. The highest BCUT2D eigenvalue weighted by molar-refractivity contribution is 5.94. The summed E-state index contributed by atoms with van der Waals surface area (Å²) in [6.45, 7) is 5.25. The smallest absolute Gasteiger partial charge is 0.133 e. The van der Waals surface area contributed by atoms with E-state index in [9.17, 15) is 0 Å². The molecule has 0 aromatic carbocycles. The minimum absolute atomic E-state index is 0.400. The fourth-order valence-electron chi connectivity index (χ4n) is 4.32. The molecule has 0 saturated heterocycles. The molecule has 0 bridgehead atoms. The number of hydrogen-bond acceptors (Lipinski definition) is 9. The number of anilines is 3. The van der Waals surface area contributed by atoms with Gasteiger partial charge in [-0.1, -0.05) is 19.1 Å². The number of nitrogen functional groups attached to an aromatic ring is 1. The van der Waals surface area contributed by atoms with E-state index in [-0.39, 0.29) is 0 Å². The Morgan fingerprint density at radius 3 is 2.64 bits per heavy atom. The lowest BCUT2D eigenvalue weighted by molar-refractivity contribution is 0.132. The molecule has 0 saturated carbocycles. The first kappa shape index (κ1) is 21.2. The summed E-state index contributed by atoms with van der Waals surface area (Å²) in [5, 5.41) is 12.9. The van der Waals surface area contributed by atoms with Crippen molar-refractivity contribution in [2.24, 2.45) is 12.8 Å². The highest BCUT2D eigenvalue weighted by Crippen LogP contribution is 2.35. The molecule has 0 amide bonds. The summed E-state index contributed by atoms with van der Waals surface area (Å²) in [5.74, 6) is 1.74. The fourth-order valence-corrected chi connectivity index (χ4v) is 4.32. The Morgan fingerprint density at radius 1 is 1.09 bits per heavy atom. The molecule has 0 aliphatic carbocycles. The lowest BCUT2D eigenvalue weighted by Crippen LogP contribution is -2.36. The maximum absolute atomic E-state index is 6.76. The van der Waals surface area contributed by atoms with Gasteiger partial charge in [0.2, 0.25) is 0 Å². The summed E-state index contributed by atoms with van der Waals surface area (Å²) in [6.07, 6.45) is 5.03. The van der Waals surface area contributed by atoms with Crippen LogP contribution in [0.25, 0.3) is 22.2 Å². The maximum atomic E-state index is 6.76. The first-order valence-electron chi connectivity index (χ1n) is 11.0. The Balaban J connectivity index is 1.55. The van der Waals surface area contributed by atoms with E-state index in [2.05, 4.69) is 39.4 Å². The Labute approximate surface area is 191 Å². The molecule has 0 spiro atoms. The summed E-state index contributed by atoms with van der Waals surface area (Å²) in [4.78, 5) is 13.8. The number of pyridine rings is 3. The molecular formula is C23H27N9O. The molecule has 0 unspecified atom stereocenters. The fraction of sp³-hybridized carbons (Fsp3) is 0.348. The van der Waals surface area contributed by atoms with Crippen LogP contribution in [0.2, 0.25) is 0 Å². The number of aromatic nitrogens is 6. The average Bonchev–Trinajstić information content (AvgIpc) is 3.46. The first-order chi connectivity index (χ1) is 15.9. The zero-order valence-corrected chi connectivity index (χ0v) is 19.0. The molecule has 0 radical (unpaired) electrons. The molecular weight excluding hydrogens is 418 g/mol. The van der Waals surface area contributed by atoms with E-state index in [1.54, 1.807) is 17.1 Å². The number of ether oxygens (including phenoxy) is 1. The van der Waals surface area contributed by atoms with Crippen LogP contribution in [-0.2, 0) is 30.5 Å². The summed E-state index contributed by atoms with van der Waals surface area (Å²) in [6, 6.07) is 5.91. The summed E-state index contributed by atoms with van der Waals surface area (Å²) in [5.41, 5.74) is 17.1. The average molecular weight is 446 g/mol. The molecule has 4 aromatic rings. The van der Waals surface area contributed by atoms with Gasteiger partial charge in [0.1, 0.15) is 23.1 Å². The van der Waals surface area contributed by atoms with E-state index in [4.69, 9.17) is 21.2 Å². The van der Waals surface area contributed by atoms with Crippen molar-refractivity contribution in [2.75, 3.05) is 11.1 Å². The minimum Gasteiger partial charge on any atom is -0.383 e. The van der Waals surface area contributed by atoms with Gasteiger partial charge in [0.25, 0.3) is 0 Å². The van der Waals surface area contributed by atoms with Crippen molar-refractivity contribution < 1.29 is 4.74 Å². The van der Waals surface area contributed by atoms with E-state index < -0.39 is 5.54 Å². The van der Waals surface area contributed by atoms with Gasteiger partial charge >= 0.3 is 0 Å². The molecule has 10 heteroatoms. The summed E-state index contributed by atoms with van der Waals surface area (Å²) >= 11 is 0. The molecule has 1 aliphatic heterocycles. The van der Waals surface area contributed by atoms with Crippen LogP contribution in [0.3, 0.4) is 0 Å². The SMILES string of the molecule is CCC(N)(CC)c1cc(Nc2cc3cc(-c4cnnn4C)nc(N)c3cn2)nc2c1COC2. The van der Waals surface area contributed by atoms with Crippen molar-refractivity contribution in [1.29, 1.82) is 0 Å². The second-order valence-corrected chi connectivity index (χ2v) is 8.39. The molecule has 0 atom stereocenters. The molecule has 5 N–H and O–H groups in total. The van der Waals surface area contributed by atoms with Gasteiger partial charge in [0.05, 0.1) is 30.8 Å².